The molecule has 3 N–H and O–H groups in total. The van der Waals surface area contributed by atoms with Gasteiger partial charge in [0.2, 0.25) is 0 Å². The number of nitrogens with two attached hydrogens (primary N) is 1. The van der Waals surface area contributed by atoms with Crippen molar-refractivity contribution in [3.63, 3.8) is 0 Å². The Labute approximate surface area is 120 Å². The molecule has 20 heavy (non-hydrogen) atoms. The van der Waals surface area contributed by atoms with Crippen molar-refractivity contribution in [3.8, 4) is 5.69 Å². The predicted octanol–water partition coefficient (Wildman–Crippen LogP) is 2.80. The minimum atomic E-state index is 0.430. The third-order valence-electron chi connectivity index (χ3n) is 4.12. The first-order valence-electron chi connectivity index (χ1n) is 7.41. The van der Waals surface area contributed by atoms with E-state index in [0.717, 1.165) is 18.2 Å². The van der Waals surface area contributed by atoms with Crippen LogP contribution in [-0.2, 0) is 0 Å². The highest BCUT2D eigenvalue weighted by Crippen LogP contribution is 2.23. The van der Waals surface area contributed by atoms with E-state index in [-0.39, 0.29) is 0 Å². The maximum atomic E-state index is 5.94. The molecule has 106 valence electrons. The summed E-state index contributed by atoms with van der Waals surface area (Å²) in [6.45, 7) is 1.05. The molecule has 1 heterocycles. The van der Waals surface area contributed by atoms with Crippen molar-refractivity contribution in [2.75, 3.05) is 11.9 Å². The summed E-state index contributed by atoms with van der Waals surface area (Å²) in [5.74, 6) is 0.764. The lowest BCUT2D eigenvalue weighted by atomic mass is 9.86. The molecular weight excluding hydrogens is 248 g/mol. The Morgan fingerprint density at radius 1 is 1.15 bits per heavy atom. The third kappa shape index (κ3) is 3.20. The Balaban J connectivity index is 1.53. The molecule has 0 bridgehead atoms. The fourth-order valence-electron chi connectivity index (χ4n) is 2.81. The summed E-state index contributed by atoms with van der Waals surface area (Å²) < 4.78 is 1.87. The van der Waals surface area contributed by atoms with Gasteiger partial charge in [-0.1, -0.05) is 0 Å². The van der Waals surface area contributed by atoms with Gasteiger partial charge in [-0.3, -0.25) is 0 Å². The summed E-state index contributed by atoms with van der Waals surface area (Å²) in [6.07, 6.45) is 8.59. The first kappa shape index (κ1) is 13.2. The second-order valence-electron chi connectivity index (χ2n) is 5.66. The predicted molar refractivity (Wildman–Crippen MR) is 82.0 cm³/mol. The van der Waals surface area contributed by atoms with E-state index < -0.39 is 0 Å². The second-order valence-corrected chi connectivity index (χ2v) is 5.66. The van der Waals surface area contributed by atoms with Crippen molar-refractivity contribution in [3.05, 3.63) is 42.7 Å². The average Bonchev–Trinajstić information content (AvgIpc) is 3.01. The van der Waals surface area contributed by atoms with Gasteiger partial charge in [-0.25, -0.2) is 4.68 Å². The van der Waals surface area contributed by atoms with Gasteiger partial charge in [0.05, 0.1) is 5.69 Å². The molecule has 0 spiro atoms. The molecule has 4 heteroatoms. The van der Waals surface area contributed by atoms with Crippen LogP contribution in [0.3, 0.4) is 0 Å². The SMILES string of the molecule is NC1CCC(CNc2ccc(-n3cccn3)cc2)CC1. The van der Waals surface area contributed by atoms with E-state index in [9.17, 15) is 0 Å². The highest BCUT2D eigenvalue weighted by Gasteiger charge is 2.17. The minimum absolute atomic E-state index is 0.430. The van der Waals surface area contributed by atoms with Crippen LogP contribution in [0.25, 0.3) is 5.69 Å². The summed E-state index contributed by atoms with van der Waals surface area (Å²) in [5, 5.41) is 7.76. The van der Waals surface area contributed by atoms with Crippen LogP contribution in [0.15, 0.2) is 42.7 Å². The number of benzene rings is 1. The first-order chi connectivity index (χ1) is 9.81. The van der Waals surface area contributed by atoms with Crippen LogP contribution in [0.1, 0.15) is 25.7 Å². The molecule has 0 aliphatic heterocycles. The van der Waals surface area contributed by atoms with Gasteiger partial charge in [-0.05, 0) is 61.9 Å². The van der Waals surface area contributed by atoms with E-state index in [1.165, 1.54) is 31.4 Å². The Kier molecular flexibility index (Phi) is 4.02. The average molecular weight is 270 g/mol. The van der Waals surface area contributed by atoms with E-state index in [4.69, 9.17) is 5.73 Å². The fraction of sp³-hybridized carbons (Fsp3) is 0.438. The maximum Gasteiger partial charge on any atom is 0.0647 e. The summed E-state index contributed by atoms with van der Waals surface area (Å²) >= 11 is 0. The van der Waals surface area contributed by atoms with E-state index in [1.54, 1.807) is 6.20 Å². The Morgan fingerprint density at radius 3 is 2.55 bits per heavy atom. The molecule has 0 amide bonds. The fourth-order valence-corrected chi connectivity index (χ4v) is 2.81. The molecule has 1 aromatic carbocycles. The maximum absolute atomic E-state index is 5.94. The number of aromatic nitrogens is 2. The summed E-state index contributed by atoms with van der Waals surface area (Å²) in [4.78, 5) is 0. The lowest BCUT2D eigenvalue weighted by molar-refractivity contribution is 0.339. The molecule has 2 aromatic rings. The van der Waals surface area contributed by atoms with Crippen molar-refractivity contribution in [2.24, 2.45) is 11.7 Å². The van der Waals surface area contributed by atoms with Crippen molar-refractivity contribution >= 4 is 5.69 Å². The number of rotatable bonds is 4. The van der Waals surface area contributed by atoms with Crippen molar-refractivity contribution in [1.29, 1.82) is 0 Å². The first-order valence-corrected chi connectivity index (χ1v) is 7.41. The third-order valence-corrected chi connectivity index (χ3v) is 4.12. The number of nitrogens with one attached hydrogen (secondary N) is 1. The number of nitrogens with zero attached hydrogens (tertiary/aromatic N) is 2. The Morgan fingerprint density at radius 2 is 1.90 bits per heavy atom. The Hall–Kier alpha value is -1.81. The summed E-state index contributed by atoms with van der Waals surface area (Å²) in [7, 11) is 0. The van der Waals surface area contributed by atoms with E-state index in [2.05, 4.69) is 34.7 Å². The van der Waals surface area contributed by atoms with Gasteiger partial charge in [0, 0.05) is 30.7 Å². The van der Waals surface area contributed by atoms with Gasteiger partial charge in [-0.15, -0.1) is 0 Å². The summed E-state index contributed by atoms with van der Waals surface area (Å²) in [6, 6.07) is 10.8. The zero-order valence-corrected chi connectivity index (χ0v) is 11.7. The van der Waals surface area contributed by atoms with Crippen molar-refractivity contribution in [1.82, 2.24) is 9.78 Å². The second kappa shape index (κ2) is 6.09. The molecule has 1 aliphatic carbocycles. The van der Waals surface area contributed by atoms with Crippen LogP contribution in [-0.4, -0.2) is 22.4 Å². The van der Waals surface area contributed by atoms with E-state index >= 15 is 0 Å². The molecule has 3 rings (SSSR count). The lowest BCUT2D eigenvalue weighted by Gasteiger charge is -2.26. The van der Waals surface area contributed by atoms with Gasteiger partial charge in [0.1, 0.15) is 0 Å². The van der Waals surface area contributed by atoms with Gasteiger partial charge in [0.15, 0.2) is 0 Å². The minimum Gasteiger partial charge on any atom is -0.385 e. The van der Waals surface area contributed by atoms with E-state index in [0.29, 0.717) is 6.04 Å². The standard InChI is InChI=1S/C16H22N4/c17-14-4-2-13(3-5-14)12-18-15-6-8-16(9-7-15)20-11-1-10-19-20/h1,6-11,13-14,18H,2-5,12,17H2. The molecular formula is C16H22N4. The van der Waals surface area contributed by atoms with Gasteiger partial charge < -0.3 is 11.1 Å². The monoisotopic (exact) mass is 270 g/mol. The number of hydrogen-bond donors (Lipinski definition) is 2. The van der Waals surface area contributed by atoms with Crippen molar-refractivity contribution < 1.29 is 0 Å². The topological polar surface area (TPSA) is 55.9 Å². The molecule has 1 saturated carbocycles. The quantitative estimate of drug-likeness (QED) is 0.898. The van der Waals surface area contributed by atoms with Crippen LogP contribution >= 0.6 is 0 Å². The zero-order valence-electron chi connectivity index (χ0n) is 11.7. The zero-order chi connectivity index (χ0) is 13.8. The highest BCUT2D eigenvalue weighted by molar-refractivity contribution is 5.48. The molecule has 1 aliphatic rings. The van der Waals surface area contributed by atoms with Crippen LogP contribution in [0, 0.1) is 5.92 Å². The van der Waals surface area contributed by atoms with Gasteiger partial charge in [0.25, 0.3) is 0 Å². The van der Waals surface area contributed by atoms with Crippen molar-refractivity contribution in [2.45, 2.75) is 31.7 Å². The lowest BCUT2D eigenvalue weighted by Crippen LogP contribution is -2.29. The van der Waals surface area contributed by atoms with Crippen LogP contribution < -0.4 is 11.1 Å². The normalized spacial score (nSPS) is 22.6. The molecule has 1 aromatic heterocycles. The van der Waals surface area contributed by atoms with Gasteiger partial charge in [-0.2, -0.15) is 5.10 Å². The number of hydrogen-bond acceptors (Lipinski definition) is 3. The summed E-state index contributed by atoms with van der Waals surface area (Å²) in [5.41, 5.74) is 8.20. The molecule has 0 atom stereocenters. The smallest absolute Gasteiger partial charge is 0.0647 e. The molecule has 0 saturated heterocycles. The van der Waals surface area contributed by atoms with E-state index in [1.807, 2.05) is 16.9 Å². The number of anilines is 1. The molecule has 1 fully saturated rings. The van der Waals surface area contributed by atoms with Crippen LogP contribution in [0.2, 0.25) is 0 Å². The molecule has 4 nitrogen and oxygen atoms in total. The van der Waals surface area contributed by atoms with Crippen LogP contribution in [0.4, 0.5) is 5.69 Å². The van der Waals surface area contributed by atoms with Gasteiger partial charge >= 0.3 is 0 Å². The Bertz CT molecular complexity index is 510. The molecule has 0 radical (unpaired) electrons. The molecule has 0 unspecified atom stereocenters. The highest BCUT2D eigenvalue weighted by atomic mass is 15.3. The van der Waals surface area contributed by atoms with Crippen LogP contribution in [0.5, 0.6) is 0 Å². The largest absolute Gasteiger partial charge is 0.385 e.